The van der Waals surface area contributed by atoms with Gasteiger partial charge >= 0.3 is 0 Å². The Morgan fingerprint density at radius 2 is 1.83 bits per heavy atom. The minimum Gasteiger partial charge on any atom is -0.495 e. The van der Waals surface area contributed by atoms with Crippen molar-refractivity contribution in [3.05, 3.63) is 59.9 Å². The molecule has 2 aromatic rings. The lowest BCUT2D eigenvalue weighted by Crippen LogP contribution is -2.43. The molecule has 3 rings (SSSR count). The number of nitrogens with zero attached hydrogens (tertiary/aromatic N) is 2. The Kier molecular flexibility index (Phi) is 6.54. The molecule has 8 heteroatoms. The van der Waals surface area contributed by atoms with Gasteiger partial charge in [-0.25, -0.2) is 12.8 Å². The van der Waals surface area contributed by atoms with Crippen LogP contribution in [-0.4, -0.2) is 50.8 Å². The molecule has 0 spiro atoms. The number of sulfonamides is 1. The number of methoxy groups -OCH3 is 1. The fourth-order valence-electron chi connectivity index (χ4n) is 3.58. The van der Waals surface area contributed by atoms with Crippen LogP contribution in [0.4, 0.5) is 4.39 Å². The number of hydrogen-bond acceptors (Lipinski definition) is 4. The quantitative estimate of drug-likeness (QED) is 0.721. The van der Waals surface area contributed by atoms with Crippen molar-refractivity contribution in [1.29, 1.82) is 0 Å². The third-order valence-electron chi connectivity index (χ3n) is 5.19. The Hall–Kier alpha value is -2.45. The van der Waals surface area contributed by atoms with Gasteiger partial charge in [-0.15, -0.1) is 0 Å². The highest BCUT2D eigenvalue weighted by molar-refractivity contribution is 7.89. The highest BCUT2D eigenvalue weighted by Crippen LogP contribution is 2.30. The summed E-state index contributed by atoms with van der Waals surface area (Å²) < 4.78 is 45.9. The van der Waals surface area contributed by atoms with Crippen LogP contribution in [0.25, 0.3) is 0 Å². The normalized spacial score (nSPS) is 15.8. The van der Waals surface area contributed by atoms with Crippen LogP contribution in [0.1, 0.15) is 18.4 Å². The highest BCUT2D eigenvalue weighted by atomic mass is 32.2. The Balaban J connectivity index is 1.65. The Morgan fingerprint density at radius 1 is 1.17 bits per heavy atom. The van der Waals surface area contributed by atoms with E-state index in [9.17, 15) is 17.6 Å². The Bertz CT molecular complexity index is 958. The molecule has 0 radical (unpaired) electrons. The molecule has 0 bridgehead atoms. The number of rotatable bonds is 6. The topological polar surface area (TPSA) is 66.9 Å². The minimum absolute atomic E-state index is 0.00855. The van der Waals surface area contributed by atoms with Gasteiger partial charge in [-0.2, -0.15) is 4.31 Å². The molecule has 0 saturated carbocycles. The van der Waals surface area contributed by atoms with Gasteiger partial charge in [-0.05, 0) is 36.6 Å². The summed E-state index contributed by atoms with van der Waals surface area (Å²) in [4.78, 5) is 14.3. The fourth-order valence-corrected chi connectivity index (χ4v) is 5.22. The molecule has 156 valence electrons. The molecule has 0 atom stereocenters. The number of carbonyl (C=O) groups excluding carboxylic acids is 1. The third kappa shape index (κ3) is 4.76. The van der Waals surface area contributed by atoms with Gasteiger partial charge in [0.25, 0.3) is 0 Å². The molecule has 0 unspecified atom stereocenters. The van der Waals surface area contributed by atoms with Crippen LogP contribution >= 0.6 is 0 Å². The first-order valence-electron chi connectivity index (χ1n) is 9.45. The molecule has 1 amide bonds. The Morgan fingerprint density at radius 3 is 2.45 bits per heavy atom. The largest absolute Gasteiger partial charge is 0.495 e. The van der Waals surface area contributed by atoms with E-state index in [4.69, 9.17) is 4.74 Å². The second-order valence-corrected chi connectivity index (χ2v) is 9.06. The van der Waals surface area contributed by atoms with Gasteiger partial charge in [0.05, 0.1) is 7.11 Å². The molecule has 0 N–H and O–H groups in total. The van der Waals surface area contributed by atoms with Crippen LogP contribution in [0.15, 0.2) is 53.4 Å². The van der Waals surface area contributed by atoms with Crippen molar-refractivity contribution in [3.8, 4) is 5.75 Å². The fraction of sp³-hybridized carbons (Fsp3) is 0.381. The summed E-state index contributed by atoms with van der Waals surface area (Å²) in [6.45, 7) is 0.924. The molecular formula is C21H25FN2O4S. The van der Waals surface area contributed by atoms with Gasteiger partial charge in [0.15, 0.2) is 0 Å². The smallest absolute Gasteiger partial charge is 0.246 e. The second-order valence-electron chi connectivity index (χ2n) is 7.15. The summed E-state index contributed by atoms with van der Waals surface area (Å²) in [5.41, 5.74) is 1.04. The van der Waals surface area contributed by atoms with E-state index in [1.165, 1.54) is 17.5 Å². The van der Waals surface area contributed by atoms with Crippen LogP contribution in [0, 0.1) is 11.7 Å². The Labute approximate surface area is 170 Å². The van der Waals surface area contributed by atoms with Crippen molar-refractivity contribution in [3.63, 3.8) is 0 Å². The number of benzene rings is 2. The molecule has 29 heavy (non-hydrogen) atoms. The zero-order chi connectivity index (χ0) is 21.0. The van der Waals surface area contributed by atoms with Crippen LogP contribution in [0.3, 0.4) is 0 Å². The van der Waals surface area contributed by atoms with Crippen LogP contribution < -0.4 is 4.74 Å². The van der Waals surface area contributed by atoms with Crippen molar-refractivity contribution in [2.24, 2.45) is 5.92 Å². The average molecular weight is 421 g/mol. The van der Waals surface area contributed by atoms with Crippen molar-refractivity contribution in [2.45, 2.75) is 24.3 Å². The molecule has 2 aromatic carbocycles. The first-order chi connectivity index (χ1) is 13.8. The van der Waals surface area contributed by atoms with E-state index in [1.54, 1.807) is 11.9 Å². The summed E-state index contributed by atoms with van der Waals surface area (Å²) in [5.74, 6) is -0.761. The van der Waals surface area contributed by atoms with E-state index in [1.807, 2.05) is 30.3 Å². The molecule has 1 fully saturated rings. The predicted molar refractivity (Wildman–Crippen MR) is 107 cm³/mol. The molecular weight excluding hydrogens is 395 g/mol. The zero-order valence-corrected chi connectivity index (χ0v) is 17.4. The number of amides is 1. The van der Waals surface area contributed by atoms with Gasteiger partial charge in [0, 0.05) is 32.6 Å². The van der Waals surface area contributed by atoms with E-state index in [0.29, 0.717) is 19.4 Å². The van der Waals surface area contributed by atoms with E-state index in [0.717, 1.165) is 17.7 Å². The first-order valence-corrected chi connectivity index (χ1v) is 10.9. The number of carbonyl (C=O) groups is 1. The number of halogens is 1. The molecule has 1 aliphatic rings. The third-order valence-corrected chi connectivity index (χ3v) is 7.11. The maximum Gasteiger partial charge on any atom is 0.246 e. The lowest BCUT2D eigenvalue weighted by molar-refractivity contribution is -0.135. The molecule has 1 heterocycles. The molecule has 1 aliphatic heterocycles. The molecule has 6 nitrogen and oxygen atoms in total. The predicted octanol–water partition coefficient (Wildman–Crippen LogP) is 2.89. The monoisotopic (exact) mass is 420 g/mol. The van der Waals surface area contributed by atoms with E-state index < -0.39 is 15.8 Å². The van der Waals surface area contributed by atoms with Crippen LogP contribution in [-0.2, 0) is 21.4 Å². The number of hydrogen-bond donors (Lipinski definition) is 0. The van der Waals surface area contributed by atoms with Crippen LogP contribution in [0.2, 0.25) is 0 Å². The van der Waals surface area contributed by atoms with E-state index >= 15 is 0 Å². The SMILES string of the molecule is COc1ccc(F)cc1S(=O)(=O)N1CCC(C(=O)N(C)Cc2ccccc2)CC1. The van der Waals surface area contributed by atoms with Crippen molar-refractivity contribution < 1.29 is 22.3 Å². The first kappa shape index (κ1) is 21.3. The zero-order valence-electron chi connectivity index (χ0n) is 16.5. The van der Waals surface area contributed by atoms with E-state index in [2.05, 4.69) is 0 Å². The number of ether oxygens (including phenoxy) is 1. The van der Waals surface area contributed by atoms with Gasteiger partial charge in [0.1, 0.15) is 16.5 Å². The van der Waals surface area contributed by atoms with Gasteiger partial charge in [-0.1, -0.05) is 30.3 Å². The van der Waals surface area contributed by atoms with Gasteiger partial charge in [0.2, 0.25) is 15.9 Å². The minimum atomic E-state index is -3.90. The van der Waals surface area contributed by atoms with Gasteiger partial charge in [-0.3, -0.25) is 4.79 Å². The van der Waals surface area contributed by atoms with Crippen molar-refractivity contribution >= 4 is 15.9 Å². The number of piperidine rings is 1. The summed E-state index contributed by atoms with van der Waals surface area (Å²) in [6, 6.07) is 13.1. The summed E-state index contributed by atoms with van der Waals surface area (Å²) >= 11 is 0. The van der Waals surface area contributed by atoms with E-state index in [-0.39, 0.29) is 35.6 Å². The maximum absolute atomic E-state index is 13.6. The molecule has 0 aliphatic carbocycles. The summed E-state index contributed by atoms with van der Waals surface area (Å²) in [7, 11) is -0.795. The second kappa shape index (κ2) is 8.92. The maximum atomic E-state index is 13.6. The standard InChI is InChI=1S/C21H25FN2O4S/c1-23(15-16-6-4-3-5-7-16)21(25)17-10-12-24(13-11-17)29(26,27)20-14-18(22)8-9-19(20)28-2/h3-9,14,17H,10-13,15H2,1-2H3. The lowest BCUT2D eigenvalue weighted by atomic mass is 9.96. The highest BCUT2D eigenvalue weighted by Gasteiger charge is 2.34. The molecule has 0 aromatic heterocycles. The average Bonchev–Trinajstić information content (AvgIpc) is 2.74. The lowest BCUT2D eigenvalue weighted by Gasteiger charge is -2.32. The van der Waals surface area contributed by atoms with Crippen LogP contribution in [0.5, 0.6) is 5.75 Å². The summed E-state index contributed by atoms with van der Waals surface area (Å²) in [6.07, 6.45) is 0.851. The summed E-state index contributed by atoms with van der Waals surface area (Å²) in [5, 5.41) is 0. The molecule has 1 saturated heterocycles. The van der Waals surface area contributed by atoms with Crippen molar-refractivity contribution in [1.82, 2.24) is 9.21 Å². The van der Waals surface area contributed by atoms with Gasteiger partial charge < -0.3 is 9.64 Å². The van der Waals surface area contributed by atoms with Crippen molar-refractivity contribution in [2.75, 3.05) is 27.2 Å².